The van der Waals surface area contributed by atoms with Crippen molar-refractivity contribution in [1.29, 1.82) is 0 Å². The van der Waals surface area contributed by atoms with Crippen molar-refractivity contribution in [2.24, 2.45) is 0 Å². The molecule has 0 aliphatic carbocycles. The van der Waals surface area contributed by atoms with Crippen molar-refractivity contribution in [2.75, 3.05) is 0 Å². The molecule has 0 saturated carbocycles. The minimum atomic E-state index is 1.14. The number of allylic oxidation sites excluding steroid dienone is 4. The van der Waals surface area contributed by atoms with Crippen molar-refractivity contribution in [3.63, 3.8) is 0 Å². The molecule has 0 aliphatic heterocycles. The molecule has 0 radical (unpaired) electrons. The molecule has 0 amide bonds. The van der Waals surface area contributed by atoms with Gasteiger partial charge in [0.05, 0.1) is 0 Å². The number of aromatic nitrogens is 1. The van der Waals surface area contributed by atoms with Gasteiger partial charge in [-0.3, -0.25) is 0 Å². The van der Waals surface area contributed by atoms with Gasteiger partial charge >= 0.3 is 0 Å². The van der Waals surface area contributed by atoms with E-state index < -0.39 is 0 Å². The van der Waals surface area contributed by atoms with Gasteiger partial charge in [0.2, 0.25) is 0 Å². The molecule has 1 nitrogen and oxygen atoms in total. The number of unbranched alkanes of at least 4 members (excludes halogenated alkanes) is 2. The topological polar surface area (TPSA) is 15.8 Å². The highest BCUT2D eigenvalue weighted by atomic mass is 14.7. The number of H-pyrrole nitrogens is 1. The molecule has 1 heterocycles. The van der Waals surface area contributed by atoms with Crippen LogP contribution in [0.1, 0.15) is 31.9 Å². The predicted octanol–water partition coefficient (Wildman–Crippen LogP) is 5.01. The lowest BCUT2D eigenvalue weighted by Gasteiger charge is -1.96. The number of aryl methyl sites for hydroxylation is 1. The zero-order valence-electron chi connectivity index (χ0n) is 11.0. The normalized spacial score (nSPS) is 12.1. The number of hydrogen-bond donors (Lipinski definition) is 1. The van der Waals surface area contributed by atoms with E-state index in [-0.39, 0.29) is 0 Å². The second-order valence-corrected chi connectivity index (χ2v) is 4.58. The quantitative estimate of drug-likeness (QED) is 0.538. The molecule has 1 heteroatoms. The van der Waals surface area contributed by atoms with E-state index in [0.717, 1.165) is 6.42 Å². The smallest absolute Gasteiger partial charge is 0.0456 e. The molecule has 18 heavy (non-hydrogen) atoms. The first-order valence-corrected chi connectivity index (χ1v) is 6.74. The number of nitrogens with one attached hydrogen (secondary N) is 1. The van der Waals surface area contributed by atoms with Gasteiger partial charge in [0, 0.05) is 11.2 Å². The Hall–Kier alpha value is -1.76. The van der Waals surface area contributed by atoms with E-state index in [4.69, 9.17) is 0 Å². The monoisotopic (exact) mass is 239 g/mol. The van der Waals surface area contributed by atoms with Crippen LogP contribution in [0.5, 0.6) is 0 Å². The summed E-state index contributed by atoms with van der Waals surface area (Å²) in [5.41, 5.74) is 2.61. The lowest BCUT2D eigenvalue weighted by molar-refractivity contribution is 0.738. The zero-order valence-corrected chi connectivity index (χ0v) is 11.0. The molecule has 1 aromatic heterocycles. The van der Waals surface area contributed by atoms with E-state index in [0.29, 0.717) is 0 Å². The Kier molecular flexibility index (Phi) is 4.83. The summed E-state index contributed by atoms with van der Waals surface area (Å²) in [7, 11) is 0. The average Bonchev–Trinajstić information content (AvgIpc) is 2.80. The first kappa shape index (κ1) is 12.7. The second kappa shape index (κ2) is 6.85. The van der Waals surface area contributed by atoms with Crippen LogP contribution in [-0.4, -0.2) is 4.98 Å². The predicted molar refractivity (Wildman–Crippen MR) is 79.8 cm³/mol. The fraction of sp³-hybridized carbons (Fsp3) is 0.294. The number of aromatic amines is 1. The third kappa shape index (κ3) is 3.63. The van der Waals surface area contributed by atoms with Gasteiger partial charge in [-0.25, -0.2) is 0 Å². The summed E-state index contributed by atoms with van der Waals surface area (Å²) in [6.07, 6.45) is 13.3. The molecule has 0 atom stereocenters. The van der Waals surface area contributed by atoms with Gasteiger partial charge in [0.15, 0.2) is 0 Å². The van der Waals surface area contributed by atoms with Crippen LogP contribution in [0.25, 0.3) is 10.9 Å². The van der Waals surface area contributed by atoms with Crippen molar-refractivity contribution < 1.29 is 0 Å². The fourth-order valence-electron chi connectivity index (χ4n) is 2.13. The lowest BCUT2D eigenvalue weighted by Crippen LogP contribution is -1.84. The van der Waals surface area contributed by atoms with Crippen molar-refractivity contribution in [2.45, 2.75) is 32.6 Å². The van der Waals surface area contributed by atoms with Gasteiger partial charge in [-0.1, -0.05) is 42.5 Å². The highest BCUT2D eigenvalue weighted by Crippen LogP contribution is 2.16. The molecule has 2 aromatic rings. The zero-order chi connectivity index (χ0) is 12.6. The fourth-order valence-corrected chi connectivity index (χ4v) is 2.13. The summed E-state index contributed by atoms with van der Waals surface area (Å²) < 4.78 is 0. The first-order valence-electron chi connectivity index (χ1n) is 6.74. The summed E-state index contributed by atoms with van der Waals surface area (Å²) in [4.78, 5) is 3.48. The molecule has 0 saturated heterocycles. The molecule has 0 bridgehead atoms. The van der Waals surface area contributed by atoms with E-state index >= 15 is 0 Å². The summed E-state index contributed by atoms with van der Waals surface area (Å²) in [5.74, 6) is 0. The minimum absolute atomic E-state index is 1.14. The largest absolute Gasteiger partial charge is 0.358 e. The van der Waals surface area contributed by atoms with Gasteiger partial charge in [0.1, 0.15) is 0 Å². The first-order chi connectivity index (χ1) is 8.90. The number of hydrogen-bond acceptors (Lipinski definition) is 0. The van der Waals surface area contributed by atoms with E-state index in [9.17, 15) is 0 Å². The van der Waals surface area contributed by atoms with Crippen LogP contribution in [0.3, 0.4) is 0 Å². The van der Waals surface area contributed by atoms with Gasteiger partial charge in [-0.15, -0.1) is 0 Å². The second-order valence-electron chi connectivity index (χ2n) is 4.58. The molecule has 94 valence electrons. The SMILES string of the molecule is C/C=C/C=C/CCCCc1cc2ccccc2[nH]1. The third-order valence-corrected chi connectivity index (χ3v) is 3.09. The highest BCUT2D eigenvalue weighted by molar-refractivity contribution is 5.80. The highest BCUT2D eigenvalue weighted by Gasteiger charge is 1.98. The van der Waals surface area contributed by atoms with E-state index in [1.165, 1.54) is 35.9 Å². The Morgan fingerprint density at radius 2 is 2.00 bits per heavy atom. The maximum absolute atomic E-state index is 3.48. The summed E-state index contributed by atoms with van der Waals surface area (Å²) >= 11 is 0. The van der Waals surface area contributed by atoms with Crippen LogP contribution >= 0.6 is 0 Å². The van der Waals surface area contributed by atoms with Crippen molar-refractivity contribution in [1.82, 2.24) is 4.98 Å². The summed E-state index contributed by atoms with van der Waals surface area (Å²) in [6.45, 7) is 2.04. The van der Waals surface area contributed by atoms with Crippen molar-refractivity contribution in [3.05, 3.63) is 60.3 Å². The number of para-hydroxylation sites is 1. The third-order valence-electron chi connectivity index (χ3n) is 3.09. The van der Waals surface area contributed by atoms with E-state index in [1.807, 2.05) is 6.92 Å². The van der Waals surface area contributed by atoms with Crippen LogP contribution in [0.2, 0.25) is 0 Å². The van der Waals surface area contributed by atoms with E-state index in [1.54, 1.807) is 0 Å². The van der Waals surface area contributed by atoms with Crippen LogP contribution < -0.4 is 0 Å². The summed E-state index contributed by atoms with van der Waals surface area (Å²) in [6, 6.07) is 10.7. The van der Waals surface area contributed by atoms with Gasteiger partial charge in [-0.2, -0.15) is 0 Å². The molecular formula is C17H21N. The number of fused-ring (bicyclic) bond motifs is 1. The molecule has 0 unspecified atom stereocenters. The van der Waals surface area contributed by atoms with Gasteiger partial charge in [0.25, 0.3) is 0 Å². The average molecular weight is 239 g/mol. The number of rotatable bonds is 6. The van der Waals surface area contributed by atoms with Crippen molar-refractivity contribution in [3.8, 4) is 0 Å². The molecule has 1 N–H and O–H groups in total. The van der Waals surface area contributed by atoms with Gasteiger partial charge in [-0.05, 0) is 50.1 Å². The van der Waals surface area contributed by atoms with Crippen LogP contribution in [0.4, 0.5) is 0 Å². The van der Waals surface area contributed by atoms with Crippen LogP contribution in [0.15, 0.2) is 54.6 Å². The molecule has 0 spiro atoms. The Morgan fingerprint density at radius 3 is 2.83 bits per heavy atom. The molecule has 0 fully saturated rings. The molecule has 2 rings (SSSR count). The van der Waals surface area contributed by atoms with Gasteiger partial charge < -0.3 is 4.98 Å². The van der Waals surface area contributed by atoms with Crippen LogP contribution in [0, 0.1) is 0 Å². The molecule has 1 aromatic carbocycles. The minimum Gasteiger partial charge on any atom is -0.358 e. The maximum atomic E-state index is 3.48. The Balaban J connectivity index is 1.76. The summed E-state index contributed by atoms with van der Waals surface area (Å²) in [5, 5.41) is 1.32. The Bertz CT molecular complexity index is 498. The maximum Gasteiger partial charge on any atom is 0.0456 e. The number of benzene rings is 1. The lowest BCUT2D eigenvalue weighted by atomic mass is 10.1. The Morgan fingerprint density at radius 1 is 1.11 bits per heavy atom. The van der Waals surface area contributed by atoms with Crippen molar-refractivity contribution >= 4 is 10.9 Å². The Labute approximate surface area is 109 Å². The van der Waals surface area contributed by atoms with E-state index in [2.05, 4.69) is 59.6 Å². The standard InChI is InChI=1S/C17H21N/c1-2-3-4-5-6-7-8-12-16-14-15-11-9-10-13-17(15)18-16/h2-5,9-11,13-14,18H,6-8,12H2,1H3/b3-2+,5-4+. The molecule has 0 aliphatic rings. The molecular weight excluding hydrogens is 218 g/mol. The van der Waals surface area contributed by atoms with Crippen LogP contribution in [-0.2, 0) is 6.42 Å².